The van der Waals surface area contributed by atoms with Crippen LogP contribution in [0.3, 0.4) is 0 Å². The van der Waals surface area contributed by atoms with E-state index in [2.05, 4.69) is 5.32 Å². The predicted octanol–water partition coefficient (Wildman–Crippen LogP) is 2.14. The molecule has 1 aliphatic heterocycles. The van der Waals surface area contributed by atoms with Crippen LogP contribution in [-0.2, 0) is 19.1 Å². The number of carbonyl (C=O) groups excluding carboxylic acids is 2. The van der Waals surface area contributed by atoms with Gasteiger partial charge in [0.15, 0.2) is 0 Å². The highest BCUT2D eigenvalue weighted by molar-refractivity contribution is 8.03. The number of thioether (sulfide) groups is 1. The fourth-order valence-electron chi connectivity index (χ4n) is 3.02. The molecule has 0 radical (unpaired) electrons. The van der Waals surface area contributed by atoms with Gasteiger partial charge in [0.05, 0.1) is 26.1 Å². The third kappa shape index (κ3) is 4.61. The van der Waals surface area contributed by atoms with Gasteiger partial charge in [-0.3, -0.25) is 9.59 Å². The van der Waals surface area contributed by atoms with Gasteiger partial charge in [-0.25, -0.2) is 0 Å². The Kier molecular flexibility index (Phi) is 6.72. The number of methoxy groups -OCH3 is 2. The molecule has 128 valence electrons. The van der Waals surface area contributed by atoms with Crippen LogP contribution < -0.4 is 5.32 Å². The molecule has 1 N–H and O–H groups in total. The van der Waals surface area contributed by atoms with Gasteiger partial charge in [-0.1, -0.05) is 25.2 Å². The Morgan fingerprint density at radius 3 is 2.61 bits per heavy atom. The van der Waals surface area contributed by atoms with Crippen LogP contribution in [-0.4, -0.2) is 44.5 Å². The summed E-state index contributed by atoms with van der Waals surface area (Å²) in [6.45, 7) is 2.69. The van der Waals surface area contributed by atoms with Crippen molar-refractivity contribution in [2.75, 3.05) is 26.5 Å². The summed E-state index contributed by atoms with van der Waals surface area (Å²) >= 11 is 1.71. The molecule has 0 aromatic rings. The molecule has 5 nitrogen and oxygen atoms in total. The summed E-state index contributed by atoms with van der Waals surface area (Å²) in [5.41, 5.74) is 0. The zero-order valence-electron chi connectivity index (χ0n) is 13.9. The second-order valence-corrected chi connectivity index (χ2v) is 7.12. The highest BCUT2D eigenvalue weighted by Gasteiger charge is 2.32. The van der Waals surface area contributed by atoms with E-state index in [0.717, 1.165) is 23.5 Å². The number of ether oxygens (including phenoxy) is 2. The minimum absolute atomic E-state index is 0.0408. The number of hydrogen-bond donors (Lipinski definition) is 1. The van der Waals surface area contributed by atoms with E-state index in [1.165, 1.54) is 14.2 Å². The molecule has 1 heterocycles. The van der Waals surface area contributed by atoms with E-state index in [-0.39, 0.29) is 29.7 Å². The maximum Gasteiger partial charge on any atom is 0.314 e. The molecular weight excluding hydrogens is 314 g/mol. The molecule has 0 bridgehead atoms. The number of rotatable bonds is 5. The average Bonchev–Trinajstić information content (AvgIpc) is 2.59. The first-order valence-corrected chi connectivity index (χ1v) is 8.95. The van der Waals surface area contributed by atoms with Crippen LogP contribution in [0.4, 0.5) is 0 Å². The summed E-state index contributed by atoms with van der Waals surface area (Å²) in [5.74, 6) is 0.472. The van der Waals surface area contributed by atoms with Crippen molar-refractivity contribution >= 4 is 23.7 Å². The molecule has 0 amide bonds. The van der Waals surface area contributed by atoms with Crippen LogP contribution in [0.1, 0.15) is 19.8 Å². The van der Waals surface area contributed by atoms with E-state index in [4.69, 9.17) is 9.47 Å². The van der Waals surface area contributed by atoms with Crippen molar-refractivity contribution in [3.63, 3.8) is 0 Å². The van der Waals surface area contributed by atoms with Gasteiger partial charge in [0.2, 0.25) is 0 Å². The summed E-state index contributed by atoms with van der Waals surface area (Å²) < 4.78 is 9.73. The number of piperidine rings is 1. The van der Waals surface area contributed by atoms with Crippen LogP contribution in [0.2, 0.25) is 0 Å². The first-order valence-electron chi connectivity index (χ1n) is 7.97. The summed E-state index contributed by atoms with van der Waals surface area (Å²) in [6.07, 6.45) is 7.83. The van der Waals surface area contributed by atoms with Gasteiger partial charge in [-0.05, 0) is 23.7 Å². The number of allylic oxidation sites excluding steroid dienone is 3. The zero-order chi connectivity index (χ0) is 16.8. The average molecular weight is 339 g/mol. The summed E-state index contributed by atoms with van der Waals surface area (Å²) in [7, 11) is 2.87. The summed E-state index contributed by atoms with van der Waals surface area (Å²) in [4.78, 5) is 24.6. The molecule has 0 aromatic carbocycles. The van der Waals surface area contributed by atoms with Crippen LogP contribution in [0.15, 0.2) is 23.1 Å². The summed E-state index contributed by atoms with van der Waals surface area (Å²) in [6, 6.07) is 0.348. The molecule has 4 unspecified atom stereocenters. The molecule has 1 fully saturated rings. The maximum absolute atomic E-state index is 12.0. The first kappa shape index (κ1) is 18.1. The largest absolute Gasteiger partial charge is 0.469 e. The fourth-order valence-corrected chi connectivity index (χ4v) is 4.36. The minimum Gasteiger partial charge on any atom is -0.469 e. The molecule has 0 saturated carbocycles. The van der Waals surface area contributed by atoms with Gasteiger partial charge in [0.25, 0.3) is 0 Å². The predicted molar refractivity (Wildman–Crippen MR) is 90.9 cm³/mol. The monoisotopic (exact) mass is 339 g/mol. The SMILES string of the molecule is COC(=O)C1CCC(CSC2=CC=CC(C)C2C(=O)OC)NC1. The van der Waals surface area contributed by atoms with Crippen molar-refractivity contribution in [1.29, 1.82) is 0 Å². The molecule has 23 heavy (non-hydrogen) atoms. The van der Waals surface area contributed by atoms with E-state index in [0.29, 0.717) is 12.6 Å². The van der Waals surface area contributed by atoms with E-state index >= 15 is 0 Å². The second kappa shape index (κ2) is 8.55. The minimum atomic E-state index is -0.207. The van der Waals surface area contributed by atoms with Crippen molar-refractivity contribution in [2.45, 2.75) is 25.8 Å². The van der Waals surface area contributed by atoms with Crippen molar-refractivity contribution in [2.24, 2.45) is 17.8 Å². The Balaban J connectivity index is 1.86. The first-order chi connectivity index (χ1) is 11.1. The van der Waals surface area contributed by atoms with Crippen LogP contribution in [0.5, 0.6) is 0 Å². The number of esters is 2. The van der Waals surface area contributed by atoms with Gasteiger partial charge in [-0.15, -0.1) is 11.8 Å². The van der Waals surface area contributed by atoms with Gasteiger partial charge in [-0.2, -0.15) is 0 Å². The second-order valence-electron chi connectivity index (χ2n) is 6.03. The van der Waals surface area contributed by atoms with E-state index in [1.807, 2.05) is 25.2 Å². The summed E-state index contributed by atoms with van der Waals surface area (Å²) in [5, 5.41) is 3.41. The molecule has 1 aliphatic carbocycles. The van der Waals surface area contributed by atoms with Gasteiger partial charge in [0.1, 0.15) is 0 Å². The van der Waals surface area contributed by atoms with E-state index in [1.54, 1.807) is 11.8 Å². The van der Waals surface area contributed by atoms with Crippen LogP contribution >= 0.6 is 11.8 Å². The highest BCUT2D eigenvalue weighted by atomic mass is 32.2. The van der Waals surface area contributed by atoms with Crippen molar-refractivity contribution in [1.82, 2.24) is 5.32 Å². The van der Waals surface area contributed by atoms with Crippen LogP contribution in [0, 0.1) is 17.8 Å². The molecule has 2 aliphatic rings. The van der Waals surface area contributed by atoms with Gasteiger partial charge in [0, 0.05) is 18.3 Å². The number of carbonyl (C=O) groups is 2. The standard InChI is InChI=1S/C17H25NO4S/c1-11-5-4-6-14(15(11)17(20)22-3)23-10-13-8-7-12(9-18-13)16(19)21-2/h4-6,11-13,15,18H,7-10H2,1-3H3. The smallest absolute Gasteiger partial charge is 0.314 e. The molecule has 2 rings (SSSR count). The lowest BCUT2D eigenvalue weighted by atomic mass is 9.90. The Bertz CT molecular complexity index is 495. The normalized spacial score (nSPS) is 30.5. The van der Waals surface area contributed by atoms with Crippen molar-refractivity contribution in [3.05, 3.63) is 23.1 Å². The van der Waals surface area contributed by atoms with Crippen molar-refractivity contribution in [3.8, 4) is 0 Å². The van der Waals surface area contributed by atoms with Gasteiger partial charge >= 0.3 is 11.9 Å². The lowest BCUT2D eigenvalue weighted by Crippen LogP contribution is -2.43. The zero-order valence-corrected chi connectivity index (χ0v) is 14.7. The lowest BCUT2D eigenvalue weighted by Gasteiger charge is -2.30. The third-order valence-corrected chi connectivity index (χ3v) is 5.76. The molecule has 0 aromatic heterocycles. The fraction of sp³-hybridized carbons (Fsp3) is 0.647. The molecule has 0 spiro atoms. The maximum atomic E-state index is 12.0. The number of nitrogens with one attached hydrogen (secondary N) is 1. The Morgan fingerprint density at radius 1 is 1.26 bits per heavy atom. The van der Waals surface area contributed by atoms with Crippen molar-refractivity contribution < 1.29 is 19.1 Å². The van der Waals surface area contributed by atoms with E-state index < -0.39 is 0 Å². The third-order valence-electron chi connectivity index (χ3n) is 4.46. The Hall–Kier alpha value is -1.27. The molecular formula is C17H25NO4S. The highest BCUT2D eigenvalue weighted by Crippen LogP contribution is 2.35. The quantitative estimate of drug-likeness (QED) is 0.774. The van der Waals surface area contributed by atoms with E-state index in [9.17, 15) is 9.59 Å². The molecule has 1 saturated heterocycles. The number of hydrogen-bond acceptors (Lipinski definition) is 6. The lowest BCUT2D eigenvalue weighted by molar-refractivity contribution is -0.146. The van der Waals surface area contributed by atoms with Gasteiger partial charge < -0.3 is 14.8 Å². The van der Waals surface area contributed by atoms with Crippen LogP contribution in [0.25, 0.3) is 0 Å². The molecule has 4 atom stereocenters. The Morgan fingerprint density at radius 2 is 2.00 bits per heavy atom. The topological polar surface area (TPSA) is 64.6 Å². The Labute approximate surface area is 141 Å². The molecule has 6 heteroatoms.